The molecule has 1 spiro atoms. The zero-order valence-electron chi connectivity index (χ0n) is 14.5. The highest BCUT2D eigenvalue weighted by Gasteiger charge is 2.63. The van der Waals surface area contributed by atoms with Crippen LogP contribution in [-0.2, 0) is 14.3 Å². The Balaban J connectivity index is 1.22. The van der Waals surface area contributed by atoms with Gasteiger partial charge >= 0.3 is 0 Å². The molecule has 2 aliphatic carbocycles. The second-order valence-electron chi connectivity index (χ2n) is 8.02. The molecule has 0 unspecified atom stereocenters. The number of carbonyl (C=O) groups is 1. The number of nitrogens with zero attached hydrogens (tertiary/aromatic N) is 3. The van der Waals surface area contributed by atoms with E-state index in [4.69, 9.17) is 9.47 Å². The molecule has 2 saturated heterocycles. The lowest BCUT2D eigenvalue weighted by Crippen LogP contribution is -2.55. The van der Waals surface area contributed by atoms with Crippen LogP contribution in [-0.4, -0.2) is 45.3 Å². The van der Waals surface area contributed by atoms with Gasteiger partial charge in [0, 0.05) is 31.8 Å². The lowest BCUT2D eigenvalue weighted by Gasteiger charge is -2.42. The van der Waals surface area contributed by atoms with E-state index in [0.29, 0.717) is 12.8 Å². The number of rotatable bonds is 4. The Morgan fingerprint density at radius 2 is 2.04 bits per heavy atom. The van der Waals surface area contributed by atoms with Gasteiger partial charge in [-0.15, -0.1) is 0 Å². The minimum atomic E-state index is -0.633. The van der Waals surface area contributed by atoms with E-state index in [9.17, 15) is 4.79 Å². The first-order chi connectivity index (χ1) is 12.3. The summed E-state index contributed by atoms with van der Waals surface area (Å²) < 4.78 is 12.3. The van der Waals surface area contributed by atoms with Gasteiger partial charge < -0.3 is 14.4 Å². The van der Waals surface area contributed by atoms with Crippen LogP contribution in [0.2, 0.25) is 0 Å². The molecule has 6 heteroatoms. The summed E-state index contributed by atoms with van der Waals surface area (Å²) in [6.07, 6.45) is 13.6. The molecule has 0 bridgehead atoms. The van der Waals surface area contributed by atoms with Crippen molar-refractivity contribution in [2.45, 2.75) is 75.3 Å². The molecule has 2 aliphatic heterocycles. The zero-order valence-corrected chi connectivity index (χ0v) is 14.5. The molecule has 25 heavy (non-hydrogen) atoms. The van der Waals surface area contributed by atoms with Crippen molar-refractivity contribution < 1.29 is 14.3 Å². The second-order valence-corrected chi connectivity index (χ2v) is 8.02. The van der Waals surface area contributed by atoms with Gasteiger partial charge in [-0.1, -0.05) is 12.8 Å². The third kappa shape index (κ3) is 2.57. The average Bonchev–Trinajstić information content (AvgIpc) is 3.30. The van der Waals surface area contributed by atoms with Crippen molar-refractivity contribution in [1.82, 2.24) is 14.9 Å². The molecule has 0 radical (unpaired) electrons. The fraction of sp³-hybridized carbons (Fsp3) is 0.737. The minimum Gasteiger partial charge on any atom is -0.378 e. The summed E-state index contributed by atoms with van der Waals surface area (Å²) in [6, 6.07) is 0.00373. The number of hydrogen-bond acceptors (Lipinski definition) is 5. The Morgan fingerprint density at radius 1 is 1.20 bits per heavy atom. The van der Waals surface area contributed by atoms with E-state index in [1.807, 2.05) is 4.90 Å². The van der Waals surface area contributed by atoms with Crippen LogP contribution in [0.1, 0.15) is 63.1 Å². The van der Waals surface area contributed by atoms with Crippen LogP contribution in [0.15, 0.2) is 18.6 Å². The van der Waals surface area contributed by atoms with Crippen LogP contribution in [0, 0.1) is 5.92 Å². The number of amides is 1. The van der Waals surface area contributed by atoms with Gasteiger partial charge in [0.15, 0.2) is 5.60 Å². The first-order valence-corrected chi connectivity index (χ1v) is 9.63. The highest BCUT2D eigenvalue weighted by molar-refractivity contribution is 5.89. The maximum atomic E-state index is 13.1. The van der Waals surface area contributed by atoms with Crippen LogP contribution >= 0.6 is 0 Å². The van der Waals surface area contributed by atoms with E-state index in [1.165, 1.54) is 25.7 Å². The zero-order chi connectivity index (χ0) is 16.9. The summed E-state index contributed by atoms with van der Waals surface area (Å²) in [5.41, 5.74) is 0.235. The molecule has 3 heterocycles. The molecular weight excluding hydrogens is 318 g/mol. The maximum absolute atomic E-state index is 13.1. The Labute approximate surface area is 147 Å². The van der Waals surface area contributed by atoms with E-state index < -0.39 is 5.60 Å². The van der Waals surface area contributed by atoms with Gasteiger partial charge in [-0.05, 0) is 31.6 Å². The molecular formula is C19H25N3O3. The summed E-state index contributed by atoms with van der Waals surface area (Å²) in [5, 5.41) is 0. The third-order valence-electron chi connectivity index (χ3n) is 6.40. The Hall–Kier alpha value is -1.53. The normalized spacial score (nSPS) is 37.7. The van der Waals surface area contributed by atoms with Crippen molar-refractivity contribution in [1.29, 1.82) is 0 Å². The Bertz CT molecular complexity index is 641. The first kappa shape index (κ1) is 15.7. The smallest absolute Gasteiger partial charge is 0.257 e. The molecule has 6 nitrogen and oxygen atoms in total. The van der Waals surface area contributed by atoms with E-state index in [1.54, 1.807) is 18.6 Å². The van der Waals surface area contributed by atoms with Gasteiger partial charge in [0.05, 0.1) is 24.0 Å². The fourth-order valence-corrected chi connectivity index (χ4v) is 5.00. The standard InChI is InChI=1S/C19H25N3O3/c23-18-19(9-14(10-19)24-12-13-3-1-2-4-13)25-17-6-5-16(22(17)18)15-11-20-7-8-21-15/h7-8,11,13-14,16-17H,1-6,9-10,12H2/t14?,16-,17+,19?/m0/s1. The van der Waals surface area contributed by atoms with Gasteiger partial charge in [-0.25, -0.2) is 0 Å². The number of fused-ring (bicyclic) bond motifs is 1. The molecule has 0 N–H and O–H groups in total. The van der Waals surface area contributed by atoms with E-state index in [0.717, 1.165) is 31.1 Å². The first-order valence-electron chi connectivity index (χ1n) is 9.63. The molecule has 1 aromatic rings. The van der Waals surface area contributed by atoms with Crippen molar-refractivity contribution in [3.8, 4) is 0 Å². The molecule has 4 fully saturated rings. The molecule has 2 saturated carbocycles. The van der Waals surface area contributed by atoms with Gasteiger partial charge in [-0.3, -0.25) is 14.8 Å². The Morgan fingerprint density at radius 3 is 2.80 bits per heavy atom. The highest BCUT2D eigenvalue weighted by atomic mass is 16.6. The number of carbonyl (C=O) groups excluding carboxylic acids is 1. The van der Waals surface area contributed by atoms with Crippen LogP contribution in [0.25, 0.3) is 0 Å². The molecule has 1 aromatic heterocycles. The second kappa shape index (κ2) is 6.02. The lowest BCUT2D eigenvalue weighted by molar-refractivity contribution is -0.177. The van der Waals surface area contributed by atoms with Gasteiger partial charge in [0.25, 0.3) is 5.91 Å². The van der Waals surface area contributed by atoms with Gasteiger partial charge in [0.2, 0.25) is 0 Å². The molecule has 4 aliphatic rings. The van der Waals surface area contributed by atoms with Crippen molar-refractivity contribution in [3.63, 3.8) is 0 Å². The van der Waals surface area contributed by atoms with Gasteiger partial charge in [0.1, 0.15) is 6.23 Å². The predicted molar refractivity (Wildman–Crippen MR) is 89.4 cm³/mol. The molecule has 2 atom stereocenters. The Kier molecular flexibility index (Phi) is 3.78. The SMILES string of the molecule is O=C1N2[C@@H](CC[C@H]2c2cnccn2)OC12CC(OCC1CCCC1)C2. The summed E-state index contributed by atoms with van der Waals surface area (Å²) >= 11 is 0. The van der Waals surface area contributed by atoms with Crippen LogP contribution < -0.4 is 0 Å². The minimum absolute atomic E-state index is 0.00373. The van der Waals surface area contributed by atoms with Crippen LogP contribution in [0.4, 0.5) is 0 Å². The third-order valence-corrected chi connectivity index (χ3v) is 6.40. The van der Waals surface area contributed by atoms with E-state index >= 15 is 0 Å². The van der Waals surface area contributed by atoms with Crippen molar-refractivity contribution >= 4 is 5.91 Å². The number of ether oxygens (including phenoxy) is 2. The van der Waals surface area contributed by atoms with Crippen LogP contribution in [0.3, 0.4) is 0 Å². The van der Waals surface area contributed by atoms with E-state index in [-0.39, 0.29) is 24.3 Å². The average molecular weight is 343 g/mol. The largest absolute Gasteiger partial charge is 0.378 e. The summed E-state index contributed by atoms with van der Waals surface area (Å²) in [6.45, 7) is 0.851. The van der Waals surface area contributed by atoms with Crippen molar-refractivity contribution in [2.24, 2.45) is 5.92 Å². The van der Waals surface area contributed by atoms with Crippen molar-refractivity contribution in [2.75, 3.05) is 6.61 Å². The number of hydrogen-bond donors (Lipinski definition) is 0. The topological polar surface area (TPSA) is 64.6 Å². The fourth-order valence-electron chi connectivity index (χ4n) is 5.00. The summed E-state index contributed by atoms with van der Waals surface area (Å²) in [5.74, 6) is 0.854. The molecule has 0 aromatic carbocycles. The predicted octanol–water partition coefficient (Wildman–Crippen LogP) is 2.60. The lowest BCUT2D eigenvalue weighted by atomic mass is 9.76. The monoisotopic (exact) mass is 343 g/mol. The maximum Gasteiger partial charge on any atom is 0.257 e. The molecule has 5 rings (SSSR count). The van der Waals surface area contributed by atoms with Crippen LogP contribution in [0.5, 0.6) is 0 Å². The number of aromatic nitrogens is 2. The summed E-state index contributed by atoms with van der Waals surface area (Å²) in [7, 11) is 0. The molecule has 134 valence electrons. The summed E-state index contributed by atoms with van der Waals surface area (Å²) in [4.78, 5) is 23.5. The van der Waals surface area contributed by atoms with Crippen molar-refractivity contribution in [3.05, 3.63) is 24.3 Å². The molecule has 1 amide bonds. The van der Waals surface area contributed by atoms with E-state index in [2.05, 4.69) is 9.97 Å². The van der Waals surface area contributed by atoms with Gasteiger partial charge in [-0.2, -0.15) is 0 Å². The quantitative estimate of drug-likeness (QED) is 0.841. The highest BCUT2D eigenvalue weighted by Crippen LogP contribution is 2.51.